The maximum Gasteiger partial charge on any atom is 0.251 e. The molecule has 0 aliphatic heterocycles. The summed E-state index contributed by atoms with van der Waals surface area (Å²) in [6.07, 6.45) is 4.51. The zero-order chi connectivity index (χ0) is 14.4. The number of carbonyl (C=O) groups excluding carboxylic acids is 1. The maximum atomic E-state index is 12.1. The van der Waals surface area contributed by atoms with Crippen LogP contribution in [0.3, 0.4) is 0 Å². The van der Waals surface area contributed by atoms with Crippen molar-refractivity contribution in [1.29, 1.82) is 0 Å². The Balaban J connectivity index is 1.96. The van der Waals surface area contributed by atoms with Gasteiger partial charge in [-0.05, 0) is 37.0 Å². The van der Waals surface area contributed by atoms with Gasteiger partial charge >= 0.3 is 0 Å². The lowest BCUT2D eigenvalue weighted by atomic mass is 10.00. The van der Waals surface area contributed by atoms with Crippen LogP contribution in [0.15, 0.2) is 24.4 Å². The number of hydrogen-bond acceptors (Lipinski definition) is 3. The second-order valence-corrected chi connectivity index (χ2v) is 5.05. The van der Waals surface area contributed by atoms with E-state index in [9.17, 15) is 4.79 Å². The molecule has 0 radical (unpaired) electrons. The normalized spacial score (nSPS) is 12.5. The molecule has 5 heteroatoms. The van der Waals surface area contributed by atoms with E-state index in [4.69, 9.17) is 5.11 Å². The van der Waals surface area contributed by atoms with Gasteiger partial charge in [0.05, 0.1) is 11.7 Å². The third-order valence-corrected chi connectivity index (χ3v) is 3.49. The molecule has 0 aliphatic rings. The van der Waals surface area contributed by atoms with E-state index in [-0.39, 0.29) is 12.5 Å². The molecule has 0 fully saturated rings. The highest BCUT2D eigenvalue weighted by Gasteiger charge is 2.11. The van der Waals surface area contributed by atoms with Gasteiger partial charge < -0.3 is 10.4 Å². The first-order valence-corrected chi connectivity index (χ1v) is 7.06. The highest BCUT2D eigenvalue weighted by molar-refractivity contribution is 5.97. The molecule has 0 spiro atoms. The number of hydrogen-bond donors (Lipinski definition) is 3. The fourth-order valence-electron chi connectivity index (χ4n) is 2.36. The van der Waals surface area contributed by atoms with Crippen LogP contribution in [-0.2, 0) is 0 Å². The molecule has 0 bridgehead atoms. The van der Waals surface area contributed by atoms with E-state index >= 15 is 0 Å². The van der Waals surface area contributed by atoms with E-state index in [0.29, 0.717) is 18.0 Å². The van der Waals surface area contributed by atoms with Gasteiger partial charge in [-0.2, -0.15) is 5.10 Å². The van der Waals surface area contributed by atoms with Gasteiger partial charge in [0.1, 0.15) is 0 Å². The SMILES string of the molecule is CCCC(CCO)CNC(=O)c1ccc2[nH]ncc2c1. The van der Waals surface area contributed by atoms with Crippen LogP contribution in [0, 0.1) is 5.92 Å². The smallest absolute Gasteiger partial charge is 0.251 e. The van der Waals surface area contributed by atoms with Crippen molar-refractivity contribution in [3.63, 3.8) is 0 Å². The van der Waals surface area contributed by atoms with Crippen LogP contribution in [0.2, 0.25) is 0 Å². The predicted molar refractivity (Wildman–Crippen MR) is 78.5 cm³/mol. The molecule has 2 rings (SSSR count). The van der Waals surface area contributed by atoms with Gasteiger partial charge in [0.25, 0.3) is 5.91 Å². The molecular formula is C15H21N3O2. The van der Waals surface area contributed by atoms with Crippen LogP contribution < -0.4 is 5.32 Å². The maximum absolute atomic E-state index is 12.1. The second-order valence-electron chi connectivity index (χ2n) is 5.05. The Morgan fingerprint density at radius 1 is 1.45 bits per heavy atom. The van der Waals surface area contributed by atoms with Crippen LogP contribution in [0.4, 0.5) is 0 Å². The minimum absolute atomic E-state index is 0.0767. The molecular weight excluding hydrogens is 254 g/mol. The summed E-state index contributed by atoms with van der Waals surface area (Å²) in [4.78, 5) is 12.1. The van der Waals surface area contributed by atoms with Crippen molar-refractivity contribution in [3.8, 4) is 0 Å². The average Bonchev–Trinajstić information content (AvgIpc) is 2.92. The van der Waals surface area contributed by atoms with Crippen molar-refractivity contribution in [3.05, 3.63) is 30.0 Å². The van der Waals surface area contributed by atoms with Gasteiger partial charge in [0.2, 0.25) is 0 Å². The molecule has 20 heavy (non-hydrogen) atoms. The van der Waals surface area contributed by atoms with E-state index in [0.717, 1.165) is 30.2 Å². The summed E-state index contributed by atoms with van der Waals surface area (Å²) in [6, 6.07) is 5.47. The Hall–Kier alpha value is -1.88. The zero-order valence-electron chi connectivity index (χ0n) is 11.7. The van der Waals surface area contributed by atoms with E-state index in [1.54, 1.807) is 12.3 Å². The van der Waals surface area contributed by atoms with Crippen molar-refractivity contribution in [2.24, 2.45) is 5.92 Å². The Kier molecular flexibility index (Phi) is 5.12. The molecule has 1 heterocycles. The number of aromatic nitrogens is 2. The standard InChI is InChI=1S/C15H21N3O2/c1-2-3-11(6-7-19)9-16-15(20)12-4-5-14-13(8-12)10-17-18-14/h4-5,8,10-11,19H,2-3,6-7,9H2,1H3,(H,16,20)(H,17,18). The number of nitrogens with one attached hydrogen (secondary N) is 2. The fraction of sp³-hybridized carbons (Fsp3) is 0.467. The minimum atomic E-state index is -0.0767. The van der Waals surface area contributed by atoms with Crippen LogP contribution in [0.1, 0.15) is 36.5 Å². The number of nitrogens with zero attached hydrogens (tertiary/aromatic N) is 1. The van der Waals surface area contributed by atoms with Crippen molar-refractivity contribution in [2.45, 2.75) is 26.2 Å². The molecule has 3 N–H and O–H groups in total. The number of fused-ring (bicyclic) bond motifs is 1. The number of H-pyrrole nitrogens is 1. The molecule has 2 aromatic rings. The Bertz CT molecular complexity index is 559. The second kappa shape index (κ2) is 7.05. The number of aromatic amines is 1. The van der Waals surface area contributed by atoms with Gasteiger partial charge in [-0.25, -0.2) is 0 Å². The summed E-state index contributed by atoms with van der Waals surface area (Å²) in [5.74, 6) is 0.263. The number of benzene rings is 1. The molecule has 0 aliphatic carbocycles. The third-order valence-electron chi connectivity index (χ3n) is 3.49. The monoisotopic (exact) mass is 275 g/mol. The molecule has 1 aromatic carbocycles. The van der Waals surface area contributed by atoms with E-state index in [1.165, 1.54) is 0 Å². The Labute approximate surface area is 118 Å². The minimum Gasteiger partial charge on any atom is -0.396 e. The predicted octanol–water partition coefficient (Wildman–Crippen LogP) is 2.09. The van der Waals surface area contributed by atoms with Crippen molar-refractivity contribution in [1.82, 2.24) is 15.5 Å². The molecule has 108 valence electrons. The van der Waals surface area contributed by atoms with Crippen LogP contribution >= 0.6 is 0 Å². The summed E-state index contributed by atoms with van der Waals surface area (Å²) in [7, 11) is 0. The lowest BCUT2D eigenvalue weighted by Gasteiger charge is -2.15. The van der Waals surface area contributed by atoms with Gasteiger partial charge in [-0.3, -0.25) is 9.89 Å². The first-order chi connectivity index (χ1) is 9.74. The highest BCUT2D eigenvalue weighted by atomic mass is 16.3. The van der Waals surface area contributed by atoms with E-state index < -0.39 is 0 Å². The van der Waals surface area contributed by atoms with Crippen molar-refractivity contribution < 1.29 is 9.90 Å². The first-order valence-electron chi connectivity index (χ1n) is 7.06. The molecule has 1 amide bonds. The van der Waals surface area contributed by atoms with Gasteiger partial charge in [-0.15, -0.1) is 0 Å². The summed E-state index contributed by atoms with van der Waals surface area (Å²) in [5, 5.41) is 19.7. The summed E-state index contributed by atoms with van der Waals surface area (Å²) in [5.41, 5.74) is 1.56. The number of aliphatic hydroxyl groups is 1. The molecule has 1 aromatic heterocycles. The fourth-order valence-corrected chi connectivity index (χ4v) is 2.36. The first kappa shape index (κ1) is 14.5. The largest absolute Gasteiger partial charge is 0.396 e. The molecule has 0 saturated carbocycles. The zero-order valence-corrected chi connectivity index (χ0v) is 11.7. The van der Waals surface area contributed by atoms with Crippen LogP contribution in [-0.4, -0.2) is 34.4 Å². The average molecular weight is 275 g/mol. The number of rotatable bonds is 7. The van der Waals surface area contributed by atoms with Gasteiger partial charge in [0, 0.05) is 24.1 Å². The van der Waals surface area contributed by atoms with E-state index in [1.807, 2.05) is 12.1 Å². The Morgan fingerprint density at radius 3 is 3.05 bits per heavy atom. The number of carbonyl (C=O) groups is 1. The van der Waals surface area contributed by atoms with Crippen LogP contribution in [0.5, 0.6) is 0 Å². The lowest BCUT2D eigenvalue weighted by molar-refractivity contribution is 0.0943. The summed E-state index contributed by atoms with van der Waals surface area (Å²) < 4.78 is 0. The van der Waals surface area contributed by atoms with Crippen molar-refractivity contribution in [2.75, 3.05) is 13.2 Å². The highest BCUT2D eigenvalue weighted by Crippen LogP contribution is 2.13. The third kappa shape index (κ3) is 3.57. The summed E-state index contributed by atoms with van der Waals surface area (Å²) in [6.45, 7) is 2.89. The number of amides is 1. The van der Waals surface area contributed by atoms with Crippen molar-refractivity contribution >= 4 is 16.8 Å². The van der Waals surface area contributed by atoms with E-state index in [2.05, 4.69) is 22.4 Å². The Morgan fingerprint density at radius 2 is 2.30 bits per heavy atom. The lowest BCUT2D eigenvalue weighted by Crippen LogP contribution is -2.29. The number of aliphatic hydroxyl groups excluding tert-OH is 1. The van der Waals surface area contributed by atoms with Crippen LogP contribution in [0.25, 0.3) is 10.9 Å². The molecule has 5 nitrogen and oxygen atoms in total. The summed E-state index contributed by atoms with van der Waals surface area (Å²) >= 11 is 0. The molecule has 0 saturated heterocycles. The topological polar surface area (TPSA) is 78.0 Å². The quantitative estimate of drug-likeness (QED) is 0.724. The molecule has 1 unspecified atom stereocenters. The van der Waals surface area contributed by atoms with Gasteiger partial charge in [-0.1, -0.05) is 13.3 Å². The van der Waals surface area contributed by atoms with Gasteiger partial charge in [0.15, 0.2) is 0 Å². The molecule has 1 atom stereocenters.